The first-order valence-corrected chi connectivity index (χ1v) is 27.5. The molecule has 0 aliphatic heterocycles. The van der Waals surface area contributed by atoms with Gasteiger partial charge in [-0.05, 0) is 70.6 Å². The molecule has 364 valence electrons. The minimum absolute atomic E-state index is 0.0634. The highest BCUT2D eigenvalue weighted by Gasteiger charge is 2.16. The van der Waals surface area contributed by atoms with Crippen LogP contribution in [0.15, 0.2) is 36.5 Å². The Hall–Kier alpha value is -1.88. The van der Waals surface area contributed by atoms with Crippen molar-refractivity contribution in [2.75, 3.05) is 13.2 Å². The highest BCUT2D eigenvalue weighted by molar-refractivity contribution is 5.70. The molecular formula is C57H106O5. The van der Waals surface area contributed by atoms with Gasteiger partial charge >= 0.3 is 11.9 Å². The standard InChI is InChI=1S/C57H106O5/c1-3-5-7-9-11-13-15-17-19-21-23-25-26-27-28-29-30-32-34-36-38-40-42-44-46-48-50-52-57(60)62-55(53-58)54-61-56(59)51-49-47-45-43-41-39-37-35-33-31-24-22-20-18-16-14-12-10-8-6-4-2/h15,17,21-24,55,58H,3-14,16,18-20,25-54H2,1-2H3/b17-15-,23-21-,24-22-. The zero-order valence-corrected chi connectivity index (χ0v) is 41.6. The Morgan fingerprint density at radius 2 is 0.645 bits per heavy atom. The van der Waals surface area contributed by atoms with E-state index >= 15 is 0 Å². The van der Waals surface area contributed by atoms with Gasteiger partial charge in [-0.15, -0.1) is 0 Å². The number of allylic oxidation sites excluding steroid dienone is 6. The fourth-order valence-corrected chi connectivity index (χ4v) is 8.23. The molecule has 0 rings (SSSR count). The highest BCUT2D eigenvalue weighted by Crippen LogP contribution is 2.16. The molecule has 0 aromatic rings. The summed E-state index contributed by atoms with van der Waals surface area (Å²) in [6.07, 6.45) is 68.2. The summed E-state index contributed by atoms with van der Waals surface area (Å²) >= 11 is 0. The number of unbranched alkanes of at least 4 members (excludes halogenated alkanes) is 37. The van der Waals surface area contributed by atoms with Crippen LogP contribution in [0.25, 0.3) is 0 Å². The maximum atomic E-state index is 12.3. The molecular weight excluding hydrogens is 765 g/mol. The van der Waals surface area contributed by atoms with E-state index in [1.54, 1.807) is 0 Å². The van der Waals surface area contributed by atoms with Crippen molar-refractivity contribution in [3.8, 4) is 0 Å². The first-order valence-electron chi connectivity index (χ1n) is 27.5. The molecule has 0 aliphatic rings. The van der Waals surface area contributed by atoms with E-state index in [1.807, 2.05) is 0 Å². The monoisotopic (exact) mass is 871 g/mol. The Balaban J connectivity index is 3.46. The zero-order chi connectivity index (χ0) is 44.9. The molecule has 0 amide bonds. The molecule has 0 heterocycles. The zero-order valence-electron chi connectivity index (χ0n) is 41.6. The topological polar surface area (TPSA) is 72.8 Å². The lowest BCUT2D eigenvalue weighted by Crippen LogP contribution is -2.28. The van der Waals surface area contributed by atoms with E-state index in [0.29, 0.717) is 12.8 Å². The number of hydrogen-bond donors (Lipinski definition) is 1. The Bertz CT molecular complexity index is 986. The van der Waals surface area contributed by atoms with E-state index in [9.17, 15) is 14.7 Å². The van der Waals surface area contributed by atoms with Crippen molar-refractivity contribution in [2.45, 2.75) is 302 Å². The lowest BCUT2D eigenvalue weighted by atomic mass is 10.0. The summed E-state index contributed by atoms with van der Waals surface area (Å²) in [6, 6.07) is 0. The third kappa shape index (κ3) is 50.8. The molecule has 0 aliphatic carbocycles. The van der Waals surface area contributed by atoms with Gasteiger partial charge in [-0.1, -0.05) is 249 Å². The van der Waals surface area contributed by atoms with E-state index in [2.05, 4.69) is 50.3 Å². The third-order valence-corrected chi connectivity index (χ3v) is 12.4. The second-order valence-corrected chi connectivity index (χ2v) is 18.7. The smallest absolute Gasteiger partial charge is 0.306 e. The Kier molecular flexibility index (Phi) is 51.8. The van der Waals surface area contributed by atoms with Crippen LogP contribution in [0.1, 0.15) is 296 Å². The minimum Gasteiger partial charge on any atom is -0.462 e. The summed E-state index contributed by atoms with van der Waals surface area (Å²) in [5.41, 5.74) is 0. The maximum Gasteiger partial charge on any atom is 0.306 e. The van der Waals surface area contributed by atoms with Crippen molar-refractivity contribution in [2.24, 2.45) is 0 Å². The van der Waals surface area contributed by atoms with E-state index in [4.69, 9.17) is 9.47 Å². The molecule has 0 aromatic heterocycles. The predicted molar refractivity (Wildman–Crippen MR) is 270 cm³/mol. The van der Waals surface area contributed by atoms with Crippen molar-refractivity contribution in [1.29, 1.82) is 0 Å². The van der Waals surface area contributed by atoms with Crippen LogP contribution >= 0.6 is 0 Å². The summed E-state index contributed by atoms with van der Waals surface area (Å²) in [7, 11) is 0. The van der Waals surface area contributed by atoms with Gasteiger partial charge in [0.05, 0.1) is 6.61 Å². The fourth-order valence-electron chi connectivity index (χ4n) is 8.23. The van der Waals surface area contributed by atoms with Crippen LogP contribution < -0.4 is 0 Å². The molecule has 0 spiro atoms. The van der Waals surface area contributed by atoms with Crippen LogP contribution in [0.4, 0.5) is 0 Å². The van der Waals surface area contributed by atoms with Crippen molar-refractivity contribution >= 4 is 11.9 Å². The summed E-state index contributed by atoms with van der Waals surface area (Å²) in [4.78, 5) is 24.5. The second kappa shape index (κ2) is 53.5. The van der Waals surface area contributed by atoms with Crippen LogP contribution in [0.2, 0.25) is 0 Å². The Morgan fingerprint density at radius 1 is 0.371 bits per heavy atom. The van der Waals surface area contributed by atoms with Gasteiger partial charge in [0, 0.05) is 12.8 Å². The van der Waals surface area contributed by atoms with Crippen molar-refractivity contribution in [3.05, 3.63) is 36.5 Å². The van der Waals surface area contributed by atoms with Crippen LogP contribution in [-0.4, -0.2) is 36.4 Å². The van der Waals surface area contributed by atoms with Gasteiger partial charge in [0.25, 0.3) is 0 Å². The van der Waals surface area contributed by atoms with Crippen LogP contribution in [-0.2, 0) is 19.1 Å². The number of aliphatic hydroxyl groups is 1. The van der Waals surface area contributed by atoms with Gasteiger partial charge in [-0.2, -0.15) is 0 Å². The number of aliphatic hydroxyl groups excluding tert-OH is 1. The first-order chi connectivity index (χ1) is 30.6. The SMILES string of the molecule is CCCCCCC/C=C\C/C=C\CCCCCCCCCCCCCCCCCC(=O)OC(CO)COC(=O)CCCCCCCCCCC/C=C\CCCCCCCCCC. The lowest BCUT2D eigenvalue weighted by molar-refractivity contribution is -0.161. The average Bonchev–Trinajstić information content (AvgIpc) is 3.28. The molecule has 0 radical (unpaired) electrons. The quantitative estimate of drug-likeness (QED) is 0.0374. The summed E-state index contributed by atoms with van der Waals surface area (Å²) in [5, 5.41) is 9.64. The molecule has 1 unspecified atom stereocenters. The molecule has 0 aromatic carbocycles. The molecule has 0 fully saturated rings. The number of rotatable bonds is 51. The maximum absolute atomic E-state index is 12.3. The molecule has 5 nitrogen and oxygen atoms in total. The van der Waals surface area contributed by atoms with Crippen molar-refractivity contribution in [3.63, 3.8) is 0 Å². The molecule has 1 N–H and O–H groups in total. The largest absolute Gasteiger partial charge is 0.462 e. The number of carbonyl (C=O) groups excluding carboxylic acids is 2. The van der Waals surface area contributed by atoms with Gasteiger partial charge in [0.1, 0.15) is 6.61 Å². The number of hydrogen-bond acceptors (Lipinski definition) is 5. The third-order valence-electron chi connectivity index (χ3n) is 12.4. The first kappa shape index (κ1) is 60.1. The highest BCUT2D eigenvalue weighted by atomic mass is 16.6. The van der Waals surface area contributed by atoms with Crippen LogP contribution in [0, 0.1) is 0 Å². The van der Waals surface area contributed by atoms with Gasteiger partial charge in [-0.3, -0.25) is 9.59 Å². The molecule has 5 heteroatoms. The molecule has 0 bridgehead atoms. The second-order valence-electron chi connectivity index (χ2n) is 18.7. The Labute approximate surface area is 386 Å². The summed E-state index contributed by atoms with van der Waals surface area (Å²) in [6.45, 7) is 4.17. The van der Waals surface area contributed by atoms with Crippen molar-refractivity contribution in [1.82, 2.24) is 0 Å². The summed E-state index contributed by atoms with van der Waals surface area (Å²) < 4.78 is 10.7. The van der Waals surface area contributed by atoms with Gasteiger partial charge < -0.3 is 14.6 Å². The fraction of sp³-hybridized carbons (Fsp3) is 0.860. The lowest BCUT2D eigenvalue weighted by Gasteiger charge is -2.15. The number of carbonyl (C=O) groups is 2. The minimum atomic E-state index is -0.771. The van der Waals surface area contributed by atoms with E-state index < -0.39 is 6.10 Å². The summed E-state index contributed by atoms with van der Waals surface area (Å²) in [5.74, 6) is -0.579. The van der Waals surface area contributed by atoms with E-state index in [1.165, 1.54) is 225 Å². The van der Waals surface area contributed by atoms with E-state index in [0.717, 1.165) is 44.9 Å². The molecule has 0 saturated heterocycles. The number of esters is 2. The molecule has 0 saturated carbocycles. The predicted octanol–water partition coefficient (Wildman–Crippen LogP) is 18.3. The number of ether oxygens (including phenoxy) is 2. The average molecular weight is 871 g/mol. The Morgan fingerprint density at radius 3 is 0.968 bits per heavy atom. The normalized spacial score (nSPS) is 12.4. The van der Waals surface area contributed by atoms with Crippen molar-refractivity contribution < 1.29 is 24.2 Å². The molecule has 62 heavy (non-hydrogen) atoms. The van der Waals surface area contributed by atoms with Gasteiger partial charge in [-0.25, -0.2) is 0 Å². The van der Waals surface area contributed by atoms with Crippen LogP contribution in [0.3, 0.4) is 0 Å². The molecule has 1 atom stereocenters. The van der Waals surface area contributed by atoms with E-state index in [-0.39, 0.29) is 25.2 Å². The van der Waals surface area contributed by atoms with Gasteiger partial charge in [0.2, 0.25) is 0 Å². The van der Waals surface area contributed by atoms with Crippen LogP contribution in [0.5, 0.6) is 0 Å². The van der Waals surface area contributed by atoms with Gasteiger partial charge in [0.15, 0.2) is 6.10 Å².